The van der Waals surface area contributed by atoms with Gasteiger partial charge >= 0.3 is 0 Å². The van der Waals surface area contributed by atoms with Gasteiger partial charge in [-0.15, -0.1) is 0 Å². The Morgan fingerprint density at radius 2 is 2.36 bits per heavy atom. The molecule has 1 aliphatic heterocycles. The second-order valence-electron chi connectivity index (χ2n) is 2.93. The van der Waals surface area contributed by atoms with Crippen LogP contribution < -0.4 is 0 Å². The zero-order chi connectivity index (χ0) is 7.52. The number of hydrogen-bond acceptors (Lipinski definition) is 2. The maximum atomic E-state index is 5.08. The van der Waals surface area contributed by atoms with Gasteiger partial charge < -0.3 is 4.74 Å². The SMILES string of the molecule is c1ccc(CC2COC2)nc1. The summed E-state index contributed by atoms with van der Waals surface area (Å²) in [6.45, 7) is 1.83. The van der Waals surface area contributed by atoms with Crippen LogP contribution in [0.2, 0.25) is 0 Å². The smallest absolute Gasteiger partial charge is 0.0520 e. The summed E-state index contributed by atoms with van der Waals surface area (Å²) in [7, 11) is 0. The van der Waals surface area contributed by atoms with Crippen LogP contribution in [0.3, 0.4) is 0 Å². The van der Waals surface area contributed by atoms with E-state index in [2.05, 4.69) is 11.1 Å². The van der Waals surface area contributed by atoms with Crippen molar-refractivity contribution in [3.8, 4) is 0 Å². The second kappa shape index (κ2) is 3.01. The monoisotopic (exact) mass is 149 g/mol. The molecule has 1 fully saturated rings. The van der Waals surface area contributed by atoms with Crippen molar-refractivity contribution in [1.29, 1.82) is 0 Å². The predicted molar refractivity (Wildman–Crippen MR) is 42.3 cm³/mol. The van der Waals surface area contributed by atoms with Crippen molar-refractivity contribution >= 4 is 0 Å². The molecular formula is C9H11NO. The van der Waals surface area contributed by atoms with Gasteiger partial charge in [-0.25, -0.2) is 0 Å². The molecule has 1 aliphatic rings. The van der Waals surface area contributed by atoms with Crippen molar-refractivity contribution in [3.05, 3.63) is 30.1 Å². The average molecular weight is 149 g/mol. The number of aromatic nitrogens is 1. The van der Waals surface area contributed by atoms with Gasteiger partial charge in [-0.3, -0.25) is 4.98 Å². The quantitative estimate of drug-likeness (QED) is 0.631. The Morgan fingerprint density at radius 3 is 2.91 bits per heavy atom. The molecule has 0 unspecified atom stereocenters. The molecule has 0 atom stereocenters. The van der Waals surface area contributed by atoms with Crippen molar-refractivity contribution < 1.29 is 4.74 Å². The number of hydrogen-bond donors (Lipinski definition) is 0. The Kier molecular flexibility index (Phi) is 1.86. The van der Waals surface area contributed by atoms with Gasteiger partial charge in [0.25, 0.3) is 0 Å². The Morgan fingerprint density at radius 1 is 1.45 bits per heavy atom. The summed E-state index contributed by atoms with van der Waals surface area (Å²) >= 11 is 0. The minimum atomic E-state index is 0.713. The van der Waals surface area contributed by atoms with Crippen LogP contribution in [0.1, 0.15) is 5.69 Å². The molecule has 2 heteroatoms. The van der Waals surface area contributed by atoms with Gasteiger partial charge in [0, 0.05) is 17.8 Å². The number of rotatable bonds is 2. The van der Waals surface area contributed by atoms with E-state index in [0.717, 1.165) is 19.6 Å². The zero-order valence-electron chi connectivity index (χ0n) is 6.36. The summed E-state index contributed by atoms with van der Waals surface area (Å²) in [6.07, 6.45) is 2.91. The largest absolute Gasteiger partial charge is 0.381 e. The van der Waals surface area contributed by atoms with Crippen LogP contribution in [0.25, 0.3) is 0 Å². The summed E-state index contributed by atoms with van der Waals surface area (Å²) in [4.78, 5) is 4.24. The highest BCUT2D eigenvalue weighted by atomic mass is 16.5. The fraction of sp³-hybridized carbons (Fsp3) is 0.444. The molecule has 0 saturated carbocycles. The molecule has 0 spiro atoms. The van der Waals surface area contributed by atoms with Gasteiger partial charge in [0.15, 0.2) is 0 Å². The van der Waals surface area contributed by atoms with E-state index in [1.807, 2.05) is 18.3 Å². The topological polar surface area (TPSA) is 22.1 Å². The van der Waals surface area contributed by atoms with E-state index in [-0.39, 0.29) is 0 Å². The standard InChI is InChI=1S/C9H11NO/c1-2-4-10-9(3-1)5-8-6-11-7-8/h1-4,8H,5-7H2. The summed E-state index contributed by atoms with van der Waals surface area (Å²) < 4.78 is 5.08. The highest BCUT2D eigenvalue weighted by molar-refractivity contribution is 5.04. The number of nitrogens with zero attached hydrogens (tertiary/aromatic N) is 1. The van der Waals surface area contributed by atoms with Crippen molar-refractivity contribution in [1.82, 2.24) is 4.98 Å². The van der Waals surface area contributed by atoms with Gasteiger partial charge in [-0.05, 0) is 18.6 Å². The third kappa shape index (κ3) is 1.57. The molecule has 2 rings (SSSR count). The lowest BCUT2D eigenvalue weighted by Crippen LogP contribution is -2.29. The first-order valence-electron chi connectivity index (χ1n) is 3.93. The van der Waals surface area contributed by atoms with Crippen LogP contribution in [0.5, 0.6) is 0 Å². The van der Waals surface area contributed by atoms with Crippen molar-refractivity contribution in [3.63, 3.8) is 0 Å². The van der Waals surface area contributed by atoms with E-state index in [1.165, 1.54) is 5.69 Å². The Bertz CT molecular complexity index is 218. The number of ether oxygens (including phenoxy) is 1. The molecule has 1 aromatic rings. The van der Waals surface area contributed by atoms with E-state index in [1.54, 1.807) is 0 Å². The van der Waals surface area contributed by atoms with Crippen LogP contribution in [0.4, 0.5) is 0 Å². The molecular weight excluding hydrogens is 138 g/mol. The third-order valence-corrected chi connectivity index (χ3v) is 1.93. The summed E-state index contributed by atoms with van der Waals surface area (Å²) in [5.41, 5.74) is 1.18. The van der Waals surface area contributed by atoms with E-state index in [0.29, 0.717) is 5.92 Å². The fourth-order valence-corrected chi connectivity index (χ4v) is 1.22. The molecule has 1 aromatic heterocycles. The normalized spacial score (nSPS) is 17.8. The minimum Gasteiger partial charge on any atom is -0.381 e. The lowest BCUT2D eigenvalue weighted by molar-refractivity contribution is -0.0316. The Hall–Kier alpha value is -0.890. The predicted octanol–water partition coefficient (Wildman–Crippen LogP) is 1.27. The van der Waals surface area contributed by atoms with E-state index in [4.69, 9.17) is 4.74 Å². The number of pyridine rings is 1. The van der Waals surface area contributed by atoms with Gasteiger partial charge in [0.2, 0.25) is 0 Å². The lowest BCUT2D eigenvalue weighted by Gasteiger charge is -2.25. The van der Waals surface area contributed by atoms with Crippen molar-refractivity contribution in [2.24, 2.45) is 5.92 Å². The lowest BCUT2D eigenvalue weighted by atomic mass is 10.0. The first-order chi connectivity index (χ1) is 5.45. The molecule has 58 valence electrons. The zero-order valence-corrected chi connectivity index (χ0v) is 6.36. The molecule has 0 aliphatic carbocycles. The fourth-order valence-electron chi connectivity index (χ4n) is 1.22. The van der Waals surface area contributed by atoms with Crippen molar-refractivity contribution in [2.45, 2.75) is 6.42 Å². The molecule has 0 amide bonds. The molecule has 11 heavy (non-hydrogen) atoms. The third-order valence-electron chi connectivity index (χ3n) is 1.93. The molecule has 2 nitrogen and oxygen atoms in total. The van der Waals surface area contributed by atoms with Gasteiger partial charge in [-0.2, -0.15) is 0 Å². The van der Waals surface area contributed by atoms with Crippen molar-refractivity contribution in [2.75, 3.05) is 13.2 Å². The first kappa shape index (κ1) is 6.80. The minimum absolute atomic E-state index is 0.713. The molecule has 2 heterocycles. The Labute approximate surface area is 66.2 Å². The van der Waals surface area contributed by atoms with Gasteiger partial charge in [0.1, 0.15) is 0 Å². The second-order valence-corrected chi connectivity index (χ2v) is 2.93. The van der Waals surface area contributed by atoms with E-state index >= 15 is 0 Å². The van der Waals surface area contributed by atoms with Crippen LogP contribution >= 0.6 is 0 Å². The maximum Gasteiger partial charge on any atom is 0.0520 e. The van der Waals surface area contributed by atoms with E-state index in [9.17, 15) is 0 Å². The molecule has 0 N–H and O–H groups in total. The molecule has 0 bridgehead atoms. The molecule has 0 radical (unpaired) electrons. The van der Waals surface area contributed by atoms with Crippen LogP contribution in [0, 0.1) is 5.92 Å². The summed E-state index contributed by atoms with van der Waals surface area (Å²) in [6, 6.07) is 6.04. The van der Waals surface area contributed by atoms with Crippen LogP contribution in [-0.2, 0) is 11.2 Å². The summed E-state index contributed by atoms with van der Waals surface area (Å²) in [5.74, 6) is 0.713. The van der Waals surface area contributed by atoms with E-state index < -0.39 is 0 Å². The van der Waals surface area contributed by atoms with Gasteiger partial charge in [-0.1, -0.05) is 6.07 Å². The molecule has 0 aromatic carbocycles. The summed E-state index contributed by atoms with van der Waals surface area (Å²) in [5, 5.41) is 0. The maximum absolute atomic E-state index is 5.08. The highest BCUT2D eigenvalue weighted by Crippen LogP contribution is 2.14. The first-order valence-corrected chi connectivity index (χ1v) is 3.93. The average Bonchev–Trinajstić information content (AvgIpc) is 1.99. The van der Waals surface area contributed by atoms with Crippen LogP contribution in [-0.4, -0.2) is 18.2 Å². The Balaban J connectivity index is 1.95. The van der Waals surface area contributed by atoms with Crippen LogP contribution in [0.15, 0.2) is 24.4 Å². The highest BCUT2D eigenvalue weighted by Gasteiger charge is 2.18. The molecule has 1 saturated heterocycles. The van der Waals surface area contributed by atoms with Gasteiger partial charge in [0.05, 0.1) is 13.2 Å².